The summed E-state index contributed by atoms with van der Waals surface area (Å²) in [5.74, 6) is -0.882. The van der Waals surface area contributed by atoms with Crippen LogP contribution in [0.25, 0.3) is 0 Å². The number of anilines is 1. The van der Waals surface area contributed by atoms with E-state index in [1.807, 2.05) is 32.0 Å². The van der Waals surface area contributed by atoms with E-state index in [4.69, 9.17) is 16.7 Å². The second kappa shape index (κ2) is 5.63. The first-order valence-corrected chi connectivity index (χ1v) is 6.99. The molecule has 0 atom stereocenters. The minimum absolute atomic E-state index is 0.365. The Morgan fingerprint density at radius 2 is 2.11 bits per heavy atom. The van der Waals surface area contributed by atoms with E-state index in [9.17, 15) is 4.79 Å². The van der Waals surface area contributed by atoms with Gasteiger partial charge in [-0.1, -0.05) is 17.7 Å². The van der Waals surface area contributed by atoms with Crippen LogP contribution in [0.5, 0.6) is 0 Å². The van der Waals surface area contributed by atoms with Crippen molar-refractivity contribution in [2.75, 3.05) is 5.32 Å². The Bertz CT molecular complexity index is 622. The second-order valence-electron chi connectivity index (χ2n) is 4.36. The lowest BCUT2D eigenvalue weighted by molar-refractivity contribution is 0.0702. The number of aromatic carboxylic acids is 1. The fourth-order valence-corrected chi connectivity index (χ4v) is 2.99. The number of rotatable bonds is 4. The number of hydrogen-bond donors (Lipinski definition) is 2. The Hall–Kier alpha value is -1.52. The van der Waals surface area contributed by atoms with Crippen molar-refractivity contribution in [3.05, 3.63) is 50.2 Å². The van der Waals surface area contributed by atoms with Gasteiger partial charge in [-0.15, -0.1) is 11.3 Å². The number of carboxylic acid groups (broad SMARTS) is 1. The maximum absolute atomic E-state index is 10.9. The van der Waals surface area contributed by atoms with Crippen molar-refractivity contribution < 1.29 is 9.90 Å². The second-order valence-corrected chi connectivity index (χ2v) is 5.90. The maximum atomic E-state index is 10.9. The average Bonchev–Trinajstić information content (AvgIpc) is 2.70. The number of hydrogen-bond acceptors (Lipinski definition) is 3. The summed E-state index contributed by atoms with van der Waals surface area (Å²) in [4.78, 5) is 12.3. The fraction of sp³-hybridized carbons (Fsp3) is 0.214. The largest absolute Gasteiger partial charge is 0.477 e. The van der Waals surface area contributed by atoms with Gasteiger partial charge in [-0.25, -0.2) is 4.79 Å². The van der Waals surface area contributed by atoms with Crippen LogP contribution < -0.4 is 5.32 Å². The molecule has 0 bridgehead atoms. The third-order valence-electron chi connectivity index (χ3n) is 2.80. The standard InChI is InChI=1S/C14H14ClNO2S/c1-8-3-4-11(10(15)5-8)16-7-13-9(2)6-12(19-13)14(17)18/h3-6,16H,7H2,1-2H3,(H,17,18). The van der Waals surface area contributed by atoms with Crippen molar-refractivity contribution in [3.8, 4) is 0 Å². The molecule has 0 aliphatic rings. The molecule has 0 radical (unpaired) electrons. The molecule has 0 aliphatic heterocycles. The van der Waals surface area contributed by atoms with Gasteiger partial charge in [0.1, 0.15) is 4.88 Å². The Morgan fingerprint density at radius 1 is 1.37 bits per heavy atom. The Balaban J connectivity index is 2.12. The third-order valence-corrected chi connectivity index (χ3v) is 4.33. The van der Waals surface area contributed by atoms with Crippen LogP contribution in [0.1, 0.15) is 25.7 Å². The lowest BCUT2D eigenvalue weighted by Crippen LogP contribution is -1.99. The van der Waals surface area contributed by atoms with E-state index in [1.54, 1.807) is 6.07 Å². The van der Waals surface area contributed by atoms with Gasteiger partial charge in [-0.2, -0.15) is 0 Å². The van der Waals surface area contributed by atoms with Crippen molar-refractivity contribution in [2.24, 2.45) is 0 Å². The summed E-state index contributed by atoms with van der Waals surface area (Å²) in [5, 5.41) is 12.9. The summed E-state index contributed by atoms with van der Waals surface area (Å²) in [6, 6.07) is 7.51. The van der Waals surface area contributed by atoms with E-state index in [0.717, 1.165) is 21.7 Å². The van der Waals surface area contributed by atoms with Crippen molar-refractivity contribution >= 4 is 34.6 Å². The zero-order valence-corrected chi connectivity index (χ0v) is 12.2. The minimum atomic E-state index is -0.882. The first-order valence-electron chi connectivity index (χ1n) is 5.80. The summed E-state index contributed by atoms with van der Waals surface area (Å²) in [6.45, 7) is 4.47. The van der Waals surface area contributed by atoms with E-state index in [1.165, 1.54) is 11.3 Å². The highest BCUT2D eigenvalue weighted by Gasteiger charge is 2.11. The molecule has 5 heteroatoms. The highest BCUT2D eigenvalue weighted by Crippen LogP contribution is 2.26. The van der Waals surface area contributed by atoms with Gasteiger partial charge < -0.3 is 10.4 Å². The highest BCUT2D eigenvalue weighted by atomic mass is 35.5. The summed E-state index contributed by atoms with van der Waals surface area (Å²) in [6.07, 6.45) is 0. The SMILES string of the molecule is Cc1ccc(NCc2sc(C(=O)O)cc2C)c(Cl)c1. The van der Waals surface area contributed by atoms with Crippen LogP contribution in [0.4, 0.5) is 5.69 Å². The molecule has 0 spiro atoms. The molecule has 1 heterocycles. The quantitative estimate of drug-likeness (QED) is 0.882. The molecule has 0 unspecified atom stereocenters. The predicted octanol–water partition coefficient (Wildman–Crippen LogP) is 4.33. The zero-order chi connectivity index (χ0) is 14.0. The topological polar surface area (TPSA) is 49.3 Å². The molecule has 0 saturated carbocycles. The highest BCUT2D eigenvalue weighted by molar-refractivity contribution is 7.14. The monoisotopic (exact) mass is 295 g/mol. The molecule has 2 aromatic rings. The van der Waals surface area contributed by atoms with Crippen LogP contribution in [-0.2, 0) is 6.54 Å². The molecule has 2 rings (SSSR count). The number of nitrogens with one attached hydrogen (secondary N) is 1. The molecule has 3 nitrogen and oxygen atoms in total. The van der Waals surface area contributed by atoms with E-state index < -0.39 is 5.97 Å². The van der Waals surface area contributed by atoms with Gasteiger partial charge in [0.2, 0.25) is 0 Å². The molecule has 100 valence electrons. The number of carbonyl (C=O) groups is 1. The first kappa shape index (κ1) is 13.9. The third kappa shape index (κ3) is 3.28. The van der Waals surface area contributed by atoms with Crippen molar-refractivity contribution in [1.82, 2.24) is 0 Å². The smallest absolute Gasteiger partial charge is 0.345 e. The van der Waals surface area contributed by atoms with E-state index in [0.29, 0.717) is 16.4 Å². The van der Waals surface area contributed by atoms with Crippen molar-refractivity contribution in [1.29, 1.82) is 0 Å². The molecule has 1 aromatic carbocycles. The molecule has 2 N–H and O–H groups in total. The molecule has 0 aliphatic carbocycles. The summed E-state index contributed by atoms with van der Waals surface area (Å²) >= 11 is 7.43. The van der Waals surface area contributed by atoms with Crippen LogP contribution in [0.15, 0.2) is 24.3 Å². The zero-order valence-electron chi connectivity index (χ0n) is 10.7. The van der Waals surface area contributed by atoms with Crippen LogP contribution in [-0.4, -0.2) is 11.1 Å². The molecular formula is C14H14ClNO2S. The van der Waals surface area contributed by atoms with E-state index >= 15 is 0 Å². The van der Waals surface area contributed by atoms with E-state index in [2.05, 4.69) is 5.32 Å². The Kier molecular flexibility index (Phi) is 4.12. The van der Waals surface area contributed by atoms with Gasteiger partial charge in [0.05, 0.1) is 10.7 Å². The van der Waals surface area contributed by atoms with Crippen molar-refractivity contribution in [3.63, 3.8) is 0 Å². The summed E-state index contributed by atoms with van der Waals surface area (Å²) < 4.78 is 0. The number of carboxylic acids is 1. The number of aryl methyl sites for hydroxylation is 2. The normalized spacial score (nSPS) is 10.5. The van der Waals surface area contributed by atoms with Crippen LogP contribution in [0.2, 0.25) is 5.02 Å². The van der Waals surface area contributed by atoms with Gasteiger partial charge in [-0.3, -0.25) is 0 Å². The molecule has 0 amide bonds. The van der Waals surface area contributed by atoms with Crippen LogP contribution in [0.3, 0.4) is 0 Å². The first-order chi connectivity index (χ1) is 8.97. The molecule has 0 fully saturated rings. The fourth-order valence-electron chi connectivity index (χ4n) is 1.74. The molecule has 0 saturated heterocycles. The number of benzene rings is 1. The maximum Gasteiger partial charge on any atom is 0.345 e. The van der Waals surface area contributed by atoms with Gasteiger partial charge in [-0.05, 0) is 43.2 Å². The van der Waals surface area contributed by atoms with Gasteiger partial charge in [0, 0.05) is 11.4 Å². The van der Waals surface area contributed by atoms with Gasteiger partial charge in [0.15, 0.2) is 0 Å². The number of thiophene rings is 1. The minimum Gasteiger partial charge on any atom is -0.477 e. The van der Waals surface area contributed by atoms with Gasteiger partial charge >= 0.3 is 5.97 Å². The van der Waals surface area contributed by atoms with Crippen LogP contribution in [0, 0.1) is 13.8 Å². The molecule has 19 heavy (non-hydrogen) atoms. The summed E-state index contributed by atoms with van der Waals surface area (Å²) in [7, 11) is 0. The predicted molar refractivity (Wildman–Crippen MR) is 79.5 cm³/mol. The lowest BCUT2D eigenvalue weighted by Gasteiger charge is -2.08. The molecular weight excluding hydrogens is 282 g/mol. The lowest BCUT2D eigenvalue weighted by atomic mass is 10.2. The van der Waals surface area contributed by atoms with Gasteiger partial charge in [0.25, 0.3) is 0 Å². The molecule has 1 aromatic heterocycles. The number of halogens is 1. The summed E-state index contributed by atoms with van der Waals surface area (Å²) in [5.41, 5.74) is 2.95. The van der Waals surface area contributed by atoms with Crippen LogP contribution >= 0.6 is 22.9 Å². The van der Waals surface area contributed by atoms with E-state index in [-0.39, 0.29) is 0 Å². The average molecular weight is 296 g/mol. The Labute approximate surface area is 120 Å². The Morgan fingerprint density at radius 3 is 2.68 bits per heavy atom. The van der Waals surface area contributed by atoms with Crippen molar-refractivity contribution in [2.45, 2.75) is 20.4 Å².